The third kappa shape index (κ3) is 3.78. The SMILES string of the molecule is C/C=C/C(c1ccccc1)N(O)Cc1ccccc1. The van der Waals surface area contributed by atoms with E-state index in [-0.39, 0.29) is 6.04 Å². The lowest BCUT2D eigenvalue weighted by Crippen LogP contribution is -2.23. The molecule has 2 aromatic rings. The van der Waals surface area contributed by atoms with Gasteiger partial charge in [0.25, 0.3) is 0 Å². The van der Waals surface area contributed by atoms with E-state index in [1.54, 1.807) is 0 Å². The molecular weight excluding hydrogens is 234 g/mol. The number of hydroxylamine groups is 2. The Morgan fingerprint density at radius 1 is 1.00 bits per heavy atom. The van der Waals surface area contributed by atoms with Crippen molar-refractivity contribution < 1.29 is 5.21 Å². The molecule has 0 aromatic heterocycles. The van der Waals surface area contributed by atoms with Crippen LogP contribution in [-0.2, 0) is 6.54 Å². The summed E-state index contributed by atoms with van der Waals surface area (Å²) in [5, 5.41) is 11.7. The molecule has 2 aromatic carbocycles. The van der Waals surface area contributed by atoms with Crippen LogP contribution in [0.4, 0.5) is 0 Å². The number of hydrogen-bond donors (Lipinski definition) is 1. The Labute approximate surface area is 114 Å². The van der Waals surface area contributed by atoms with Crippen molar-refractivity contribution in [1.29, 1.82) is 0 Å². The molecule has 0 fully saturated rings. The lowest BCUT2D eigenvalue weighted by molar-refractivity contribution is -0.123. The van der Waals surface area contributed by atoms with Crippen LogP contribution >= 0.6 is 0 Å². The van der Waals surface area contributed by atoms with Crippen LogP contribution in [0.25, 0.3) is 0 Å². The molecule has 0 bridgehead atoms. The van der Waals surface area contributed by atoms with E-state index in [1.807, 2.05) is 79.7 Å². The second kappa shape index (κ2) is 6.88. The van der Waals surface area contributed by atoms with E-state index in [2.05, 4.69) is 0 Å². The van der Waals surface area contributed by atoms with Crippen LogP contribution in [0.1, 0.15) is 24.1 Å². The number of allylic oxidation sites excluding steroid dienone is 1. The van der Waals surface area contributed by atoms with Gasteiger partial charge in [-0.2, -0.15) is 5.06 Å². The zero-order valence-electron chi connectivity index (χ0n) is 11.1. The van der Waals surface area contributed by atoms with Crippen molar-refractivity contribution in [2.45, 2.75) is 19.5 Å². The fourth-order valence-electron chi connectivity index (χ4n) is 2.08. The van der Waals surface area contributed by atoms with Gasteiger partial charge >= 0.3 is 0 Å². The number of hydrogen-bond acceptors (Lipinski definition) is 2. The van der Waals surface area contributed by atoms with Crippen molar-refractivity contribution in [3.63, 3.8) is 0 Å². The van der Waals surface area contributed by atoms with Crippen molar-refractivity contribution in [1.82, 2.24) is 5.06 Å². The molecule has 1 unspecified atom stereocenters. The summed E-state index contributed by atoms with van der Waals surface area (Å²) < 4.78 is 0. The van der Waals surface area contributed by atoms with Gasteiger partial charge in [-0.25, -0.2) is 0 Å². The molecule has 0 spiro atoms. The second-order valence-corrected chi connectivity index (χ2v) is 4.46. The smallest absolute Gasteiger partial charge is 0.0784 e. The van der Waals surface area contributed by atoms with Gasteiger partial charge < -0.3 is 5.21 Å². The number of nitrogens with zero attached hydrogens (tertiary/aromatic N) is 1. The first-order valence-electron chi connectivity index (χ1n) is 6.48. The Balaban J connectivity index is 2.16. The summed E-state index contributed by atoms with van der Waals surface area (Å²) >= 11 is 0. The third-order valence-electron chi connectivity index (χ3n) is 3.02. The topological polar surface area (TPSA) is 23.5 Å². The maximum atomic E-state index is 10.3. The summed E-state index contributed by atoms with van der Waals surface area (Å²) in [6, 6.07) is 19.9. The fraction of sp³-hybridized carbons (Fsp3) is 0.176. The van der Waals surface area contributed by atoms with Gasteiger partial charge in [-0.15, -0.1) is 0 Å². The first-order valence-corrected chi connectivity index (χ1v) is 6.48. The summed E-state index contributed by atoms with van der Waals surface area (Å²) in [5.41, 5.74) is 2.18. The van der Waals surface area contributed by atoms with Crippen LogP contribution in [0.3, 0.4) is 0 Å². The monoisotopic (exact) mass is 253 g/mol. The minimum Gasteiger partial charge on any atom is -0.313 e. The number of benzene rings is 2. The van der Waals surface area contributed by atoms with E-state index in [4.69, 9.17) is 0 Å². The summed E-state index contributed by atoms with van der Waals surface area (Å²) in [6.07, 6.45) is 3.96. The normalized spacial score (nSPS) is 13.0. The van der Waals surface area contributed by atoms with Gasteiger partial charge in [0, 0.05) is 6.54 Å². The van der Waals surface area contributed by atoms with Crippen LogP contribution < -0.4 is 0 Å². The van der Waals surface area contributed by atoms with Gasteiger partial charge in [-0.05, 0) is 18.1 Å². The highest BCUT2D eigenvalue weighted by atomic mass is 16.5. The van der Waals surface area contributed by atoms with E-state index < -0.39 is 0 Å². The molecular formula is C17H19NO. The van der Waals surface area contributed by atoms with Crippen LogP contribution in [0.15, 0.2) is 72.8 Å². The average molecular weight is 253 g/mol. The van der Waals surface area contributed by atoms with Gasteiger partial charge in [0.15, 0.2) is 0 Å². The Bertz CT molecular complexity index is 507. The zero-order valence-corrected chi connectivity index (χ0v) is 11.1. The van der Waals surface area contributed by atoms with Crippen LogP contribution in [0, 0.1) is 0 Å². The molecule has 0 saturated heterocycles. The Hall–Kier alpha value is -1.90. The minimum atomic E-state index is -0.119. The first kappa shape index (κ1) is 13.5. The van der Waals surface area contributed by atoms with E-state index in [0.29, 0.717) is 6.54 Å². The summed E-state index contributed by atoms with van der Waals surface area (Å²) in [5.74, 6) is 0. The first-order chi connectivity index (χ1) is 9.31. The molecule has 0 amide bonds. The van der Waals surface area contributed by atoms with Crippen molar-refractivity contribution in [3.8, 4) is 0 Å². The molecule has 98 valence electrons. The lowest BCUT2D eigenvalue weighted by Gasteiger charge is -2.24. The molecule has 0 aliphatic heterocycles. The fourth-order valence-corrected chi connectivity index (χ4v) is 2.08. The molecule has 19 heavy (non-hydrogen) atoms. The summed E-state index contributed by atoms with van der Waals surface area (Å²) in [6.45, 7) is 2.47. The highest BCUT2D eigenvalue weighted by Gasteiger charge is 2.15. The molecule has 0 heterocycles. The van der Waals surface area contributed by atoms with Crippen molar-refractivity contribution in [2.24, 2.45) is 0 Å². The van der Waals surface area contributed by atoms with Gasteiger partial charge in [0.05, 0.1) is 6.04 Å². The number of rotatable bonds is 5. The van der Waals surface area contributed by atoms with Crippen LogP contribution in [0.5, 0.6) is 0 Å². The molecule has 2 rings (SSSR count). The quantitative estimate of drug-likeness (QED) is 0.638. The molecule has 0 radical (unpaired) electrons. The molecule has 2 nitrogen and oxygen atoms in total. The van der Waals surface area contributed by atoms with Crippen molar-refractivity contribution in [2.75, 3.05) is 0 Å². The molecule has 1 atom stereocenters. The van der Waals surface area contributed by atoms with Gasteiger partial charge in [-0.3, -0.25) is 0 Å². The van der Waals surface area contributed by atoms with E-state index in [0.717, 1.165) is 11.1 Å². The van der Waals surface area contributed by atoms with Crippen LogP contribution in [0.2, 0.25) is 0 Å². The predicted molar refractivity (Wildman–Crippen MR) is 77.8 cm³/mol. The molecule has 0 saturated carbocycles. The molecule has 0 aliphatic carbocycles. The Kier molecular flexibility index (Phi) is 4.90. The van der Waals surface area contributed by atoms with Gasteiger partial charge in [0.2, 0.25) is 0 Å². The summed E-state index contributed by atoms with van der Waals surface area (Å²) in [4.78, 5) is 0. The maximum Gasteiger partial charge on any atom is 0.0784 e. The van der Waals surface area contributed by atoms with Gasteiger partial charge in [0.1, 0.15) is 0 Å². The van der Waals surface area contributed by atoms with Crippen molar-refractivity contribution >= 4 is 0 Å². The van der Waals surface area contributed by atoms with E-state index in [1.165, 1.54) is 5.06 Å². The minimum absolute atomic E-state index is 0.119. The zero-order chi connectivity index (χ0) is 13.5. The lowest BCUT2D eigenvalue weighted by atomic mass is 10.1. The Morgan fingerprint density at radius 2 is 1.58 bits per heavy atom. The predicted octanol–water partition coefficient (Wildman–Crippen LogP) is 4.20. The highest BCUT2D eigenvalue weighted by Crippen LogP contribution is 2.22. The Morgan fingerprint density at radius 3 is 2.16 bits per heavy atom. The highest BCUT2D eigenvalue weighted by molar-refractivity contribution is 5.23. The standard InChI is InChI=1S/C17H19NO/c1-2-9-17(16-12-7-4-8-13-16)18(19)14-15-10-5-3-6-11-15/h2-13,17,19H,14H2,1H3/b9-2+. The largest absolute Gasteiger partial charge is 0.313 e. The molecule has 1 N–H and O–H groups in total. The second-order valence-electron chi connectivity index (χ2n) is 4.46. The van der Waals surface area contributed by atoms with Gasteiger partial charge in [-0.1, -0.05) is 72.8 Å². The molecule has 0 aliphatic rings. The molecule has 2 heteroatoms. The average Bonchev–Trinajstić information content (AvgIpc) is 2.46. The van der Waals surface area contributed by atoms with Crippen molar-refractivity contribution in [3.05, 3.63) is 83.9 Å². The maximum absolute atomic E-state index is 10.3. The summed E-state index contributed by atoms with van der Waals surface area (Å²) in [7, 11) is 0. The van der Waals surface area contributed by atoms with E-state index >= 15 is 0 Å². The van der Waals surface area contributed by atoms with E-state index in [9.17, 15) is 5.21 Å². The third-order valence-corrected chi connectivity index (χ3v) is 3.02. The van der Waals surface area contributed by atoms with Crippen LogP contribution in [-0.4, -0.2) is 10.3 Å².